The van der Waals surface area contributed by atoms with Crippen molar-refractivity contribution in [3.63, 3.8) is 0 Å². The summed E-state index contributed by atoms with van der Waals surface area (Å²) in [5.74, 6) is -0.454. The largest absolute Gasteiger partial charge is 0.461 e. The van der Waals surface area contributed by atoms with Gasteiger partial charge in [0.05, 0.1) is 6.61 Å². The van der Waals surface area contributed by atoms with Gasteiger partial charge in [0, 0.05) is 5.54 Å². The van der Waals surface area contributed by atoms with E-state index in [9.17, 15) is 4.79 Å². The van der Waals surface area contributed by atoms with E-state index < -0.39 is 5.97 Å². The van der Waals surface area contributed by atoms with Crippen LogP contribution >= 0.6 is 0 Å². The number of oxazole rings is 1. The standard InChI is InChI=1S/C13H22N2O3/c1-5-13(6-2,7-3)15-12-14-10(9-18-12)11(16)17-8-4/h9H,5-8H2,1-4H3,(H,14,15). The van der Waals surface area contributed by atoms with Crippen LogP contribution in [0.15, 0.2) is 10.7 Å². The lowest BCUT2D eigenvalue weighted by atomic mass is 9.90. The highest BCUT2D eigenvalue weighted by atomic mass is 16.5. The van der Waals surface area contributed by atoms with E-state index in [2.05, 4.69) is 31.1 Å². The Hall–Kier alpha value is -1.52. The van der Waals surface area contributed by atoms with Gasteiger partial charge in [0.25, 0.3) is 6.01 Å². The molecule has 0 aliphatic rings. The highest BCUT2D eigenvalue weighted by Crippen LogP contribution is 2.25. The van der Waals surface area contributed by atoms with E-state index in [1.54, 1.807) is 6.92 Å². The number of carbonyl (C=O) groups excluding carboxylic acids is 1. The summed E-state index contributed by atoms with van der Waals surface area (Å²) < 4.78 is 10.1. The van der Waals surface area contributed by atoms with E-state index in [0.29, 0.717) is 12.6 Å². The van der Waals surface area contributed by atoms with Crippen molar-refractivity contribution in [3.8, 4) is 0 Å². The molecule has 0 saturated carbocycles. The minimum absolute atomic E-state index is 0.0310. The minimum atomic E-state index is -0.454. The van der Waals surface area contributed by atoms with Crippen LogP contribution in [0.2, 0.25) is 0 Å². The predicted molar refractivity (Wildman–Crippen MR) is 69.7 cm³/mol. The third-order valence-electron chi connectivity index (χ3n) is 3.39. The quantitative estimate of drug-likeness (QED) is 0.757. The first-order valence-electron chi connectivity index (χ1n) is 6.51. The molecule has 1 rings (SSSR count). The molecule has 1 aromatic rings. The number of esters is 1. The van der Waals surface area contributed by atoms with Crippen LogP contribution in [0.25, 0.3) is 0 Å². The molecule has 0 saturated heterocycles. The van der Waals surface area contributed by atoms with Crippen molar-refractivity contribution in [2.75, 3.05) is 11.9 Å². The number of hydrogen-bond acceptors (Lipinski definition) is 5. The van der Waals surface area contributed by atoms with E-state index >= 15 is 0 Å². The molecule has 0 aliphatic heterocycles. The van der Waals surface area contributed by atoms with Crippen molar-refractivity contribution < 1.29 is 13.9 Å². The van der Waals surface area contributed by atoms with Gasteiger partial charge in [-0.05, 0) is 26.2 Å². The summed E-state index contributed by atoms with van der Waals surface area (Å²) in [7, 11) is 0. The summed E-state index contributed by atoms with van der Waals surface area (Å²) in [6.45, 7) is 8.45. The number of hydrogen-bond donors (Lipinski definition) is 1. The van der Waals surface area contributed by atoms with Crippen molar-refractivity contribution >= 4 is 12.0 Å². The van der Waals surface area contributed by atoms with Gasteiger partial charge in [-0.25, -0.2) is 4.79 Å². The number of anilines is 1. The summed E-state index contributed by atoms with van der Waals surface area (Å²) in [5, 5.41) is 3.27. The summed E-state index contributed by atoms with van der Waals surface area (Å²) >= 11 is 0. The Bertz CT molecular complexity index is 375. The van der Waals surface area contributed by atoms with E-state index in [-0.39, 0.29) is 11.2 Å². The normalized spacial score (nSPS) is 11.3. The van der Waals surface area contributed by atoms with Crippen molar-refractivity contribution in [2.45, 2.75) is 52.5 Å². The monoisotopic (exact) mass is 254 g/mol. The molecule has 18 heavy (non-hydrogen) atoms. The zero-order valence-corrected chi connectivity index (χ0v) is 11.6. The van der Waals surface area contributed by atoms with Crippen LogP contribution in [0.5, 0.6) is 0 Å². The molecule has 0 aromatic carbocycles. The molecule has 0 aliphatic carbocycles. The van der Waals surface area contributed by atoms with Crippen LogP contribution in [0.3, 0.4) is 0 Å². The smallest absolute Gasteiger partial charge is 0.360 e. The lowest BCUT2D eigenvalue weighted by Crippen LogP contribution is -2.36. The first-order valence-corrected chi connectivity index (χ1v) is 6.51. The molecule has 0 spiro atoms. The van der Waals surface area contributed by atoms with E-state index in [4.69, 9.17) is 9.15 Å². The van der Waals surface area contributed by atoms with Crippen molar-refractivity contribution in [1.82, 2.24) is 4.98 Å². The summed E-state index contributed by atoms with van der Waals surface area (Å²) in [6.07, 6.45) is 4.23. The van der Waals surface area contributed by atoms with Crippen LogP contribution in [0.1, 0.15) is 57.4 Å². The highest BCUT2D eigenvalue weighted by molar-refractivity contribution is 5.87. The maximum atomic E-state index is 11.5. The highest BCUT2D eigenvalue weighted by Gasteiger charge is 2.26. The molecule has 0 atom stereocenters. The molecule has 1 N–H and O–H groups in total. The summed E-state index contributed by atoms with van der Waals surface area (Å²) in [5.41, 5.74) is 0.174. The zero-order chi connectivity index (χ0) is 13.6. The Morgan fingerprint density at radius 2 is 1.94 bits per heavy atom. The number of nitrogens with zero attached hydrogens (tertiary/aromatic N) is 1. The van der Waals surface area contributed by atoms with Crippen LogP contribution in [0.4, 0.5) is 6.01 Å². The second-order valence-corrected chi connectivity index (χ2v) is 4.22. The van der Waals surface area contributed by atoms with E-state index in [1.807, 2.05) is 0 Å². The molecule has 102 valence electrons. The summed E-state index contributed by atoms with van der Waals surface area (Å²) in [6, 6.07) is 0.378. The van der Waals surface area contributed by atoms with Crippen LogP contribution in [-0.2, 0) is 4.74 Å². The SMILES string of the molecule is CCOC(=O)c1coc(NC(CC)(CC)CC)n1. The number of ether oxygens (including phenoxy) is 1. The molecule has 5 nitrogen and oxygen atoms in total. The van der Waals surface area contributed by atoms with Crippen LogP contribution < -0.4 is 5.32 Å². The van der Waals surface area contributed by atoms with E-state index in [0.717, 1.165) is 19.3 Å². The third-order valence-corrected chi connectivity index (χ3v) is 3.39. The lowest BCUT2D eigenvalue weighted by molar-refractivity contribution is 0.0519. The first-order chi connectivity index (χ1) is 8.60. The fourth-order valence-corrected chi connectivity index (χ4v) is 1.87. The third kappa shape index (κ3) is 3.24. The average molecular weight is 254 g/mol. The van der Waals surface area contributed by atoms with Gasteiger partial charge in [0.15, 0.2) is 5.69 Å². The van der Waals surface area contributed by atoms with Gasteiger partial charge in [-0.3, -0.25) is 0 Å². The second-order valence-electron chi connectivity index (χ2n) is 4.22. The van der Waals surface area contributed by atoms with Crippen LogP contribution in [-0.4, -0.2) is 23.1 Å². The number of rotatable bonds is 7. The molecule has 0 amide bonds. The average Bonchev–Trinajstić information content (AvgIpc) is 2.85. The Labute approximate surface area is 108 Å². The summed E-state index contributed by atoms with van der Waals surface area (Å²) in [4.78, 5) is 15.6. The Balaban J connectivity index is 2.77. The van der Waals surface area contributed by atoms with Crippen molar-refractivity contribution in [1.29, 1.82) is 0 Å². The topological polar surface area (TPSA) is 64.4 Å². The fourth-order valence-electron chi connectivity index (χ4n) is 1.87. The van der Waals surface area contributed by atoms with Gasteiger partial charge < -0.3 is 14.5 Å². The van der Waals surface area contributed by atoms with Gasteiger partial charge in [-0.15, -0.1) is 0 Å². The van der Waals surface area contributed by atoms with Gasteiger partial charge in [-0.2, -0.15) is 4.98 Å². The van der Waals surface area contributed by atoms with E-state index in [1.165, 1.54) is 6.26 Å². The maximum Gasteiger partial charge on any atom is 0.360 e. The second kappa shape index (κ2) is 6.42. The predicted octanol–water partition coefficient (Wildman–Crippen LogP) is 3.23. The molecule has 0 radical (unpaired) electrons. The molecule has 0 fully saturated rings. The Morgan fingerprint density at radius 3 is 2.44 bits per heavy atom. The van der Waals surface area contributed by atoms with Crippen molar-refractivity contribution in [2.24, 2.45) is 0 Å². The Kier molecular flexibility index (Phi) is 5.19. The fraction of sp³-hybridized carbons (Fsp3) is 0.692. The molecule has 0 bridgehead atoms. The van der Waals surface area contributed by atoms with Gasteiger partial charge in [0.2, 0.25) is 0 Å². The Morgan fingerprint density at radius 1 is 1.33 bits per heavy atom. The molecule has 1 aromatic heterocycles. The number of aromatic nitrogens is 1. The molecule has 0 unspecified atom stereocenters. The zero-order valence-electron chi connectivity index (χ0n) is 11.6. The molecule has 5 heteroatoms. The van der Waals surface area contributed by atoms with Gasteiger partial charge in [-0.1, -0.05) is 20.8 Å². The maximum absolute atomic E-state index is 11.5. The first kappa shape index (κ1) is 14.5. The number of nitrogens with one attached hydrogen (secondary N) is 1. The van der Waals surface area contributed by atoms with Gasteiger partial charge >= 0.3 is 5.97 Å². The molecular weight excluding hydrogens is 232 g/mol. The lowest BCUT2D eigenvalue weighted by Gasteiger charge is -2.30. The molecule has 1 heterocycles. The number of carbonyl (C=O) groups is 1. The van der Waals surface area contributed by atoms with Gasteiger partial charge in [0.1, 0.15) is 6.26 Å². The minimum Gasteiger partial charge on any atom is -0.461 e. The van der Waals surface area contributed by atoms with Crippen molar-refractivity contribution in [3.05, 3.63) is 12.0 Å². The molecular formula is C13H22N2O3. The van der Waals surface area contributed by atoms with Crippen LogP contribution in [0, 0.1) is 0 Å².